The molecule has 7 rings (SSSR count). The van der Waals surface area contributed by atoms with E-state index in [1.165, 1.54) is 0 Å². The fourth-order valence-electron chi connectivity index (χ4n) is 5.75. The first kappa shape index (κ1) is 23.0. The SMILES string of the molecule is COc1ccc2c(c1)[C@]1(C[C@H]1c1ccc3c(Nc4cc(N5CC(O)C5)nc(C(C)C)n4)n[nH]c3c1)C(=O)N2. The molecule has 10 heteroatoms. The highest BCUT2D eigenvalue weighted by molar-refractivity contribution is 6.10. The smallest absolute Gasteiger partial charge is 0.235 e. The van der Waals surface area contributed by atoms with Crippen molar-refractivity contribution in [2.75, 3.05) is 35.7 Å². The lowest BCUT2D eigenvalue weighted by Gasteiger charge is -2.37. The molecular weight excluding hydrogens is 482 g/mol. The van der Waals surface area contributed by atoms with Gasteiger partial charge in [0.2, 0.25) is 5.91 Å². The second-order valence-corrected chi connectivity index (χ2v) is 10.8. The molecule has 1 aliphatic carbocycles. The van der Waals surface area contributed by atoms with Crippen LogP contribution in [-0.4, -0.2) is 57.5 Å². The molecule has 4 aromatic rings. The monoisotopic (exact) mass is 511 g/mol. The van der Waals surface area contributed by atoms with Crippen molar-refractivity contribution in [3.05, 3.63) is 59.4 Å². The Labute approximate surface area is 219 Å². The number of carbonyl (C=O) groups excluding carboxylic acids is 1. The first-order valence-electron chi connectivity index (χ1n) is 12.9. The van der Waals surface area contributed by atoms with Gasteiger partial charge in [-0.25, -0.2) is 9.97 Å². The van der Waals surface area contributed by atoms with E-state index in [9.17, 15) is 9.90 Å². The molecule has 0 unspecified atom stereocenters. The summed E-state index contributed by atoms with van der Waals surface area (Å²) in [7, 11) is 1.64. The molecule has 2 fully saturated rings. The lowest BCUT2D eigenvalue weighted by atomic mass is 9.91. The largest absolute Gasteiger partial charge is 0.497 e. The third-order valence-electron chi connectivity index (χ3n) is 7.99. The molecule has 4 N–H and O–H groups in total. The van der Waals surface area contributed by atoms with Crippen LogP contribution in [0.2, 0.25) is 0 Å². The molecule has 1 saturated heterocycles. The zero-order valence-electron chi connectivity index (χ0n) is 21.4. The maximum Gasteiger partial charge on any atom is 0.235 e. The predicted molar refractivity (Wildman–Crippen MR) is 144 cm³/mol. The quantitative estimate of drug-likeness (QED) is 0.308. The molecule has 1 saturated carbocycles. The van der Waals surface area contributed by atoms with Crippen LogP contribution >= 0.6 is 0 Å². The maximum atomic E-state index is 13.1. The summed E-state index contributed by atoms with van der Waals surface area (Å²) in [6, 6.07) is 13.9. The molecule has 0 radical (unpaired) electrons. The number of methoxy groups -OCH3 is 1. The maximum absolute atomic E-state index is 13.1. The Morgan fingerprint density at radius 2 is 2.00 bits per heavy atom. The van der Waals surface area contributed by atoms with Crippen LogP contribution in [0, 0.1) is 0 Å². The molecule has 2 aliphatic heterocycles. The Morgan fingerprint density at radius 1 is 1.16 bits per heavy atom. The number of carbonyl (C=O) groups is 1. The summed E-state index contributed by atoms with van der Waals surface area (Å²) in [4.78, 5) is 24.5. The summed E-state index contributed by atoms with van der Waals surface area (Å²) in [6.45, 7) is 5.26. The fourth-order valence-corrected chi connectivity index (χ4v) is 5.75. The number of aliphatic hydroxyl groups is 1. The number of β-amino-alcohol motifs (C(OH)–C–C–N with tert-alkyl or cyclic N) is 1. The Kier molecular flexibility index (Phi) is 4.93. The fraction of sp³-hybridized carbons (Fsp3) is 0.357. The first-order valence-corrected chi connectivity index (χ1v) is 12.9. The van der Waals surface area contributed by atoms with Crippen molar-refractivity contribution in [2.24, 2.45) is 0 Å². The number of nitrogens with one attached hydrogen (secondary N) is 3. The number of hydrogen-bond donors (Lipinski definition) is 4. The minimum absolute atomic E-state index is 0.0491. The molecule has 2 aromatic heterocycles. The van der Waals surface area contributed by atoms with E-state index in [1.54, 1.807) is 7.11 Å². The highest BCUT2D eigenvalue weighted by Gasteiger charge is 2.65. The predicted octanol–water partition coefficient (Wildman–Crippen LogP) is 3.79. The summed E-state index contributed by atoms with van der Waals surface area (Å²) in [5.41, 5.74) is 3.31. The molecule has 38 heavy (non-hydrogen) atoms. The number of ether oxygens (including phenoxy) is 1. The van der Waals surface area contributed by atoms with E-state index in [2.05, 4.69) is 51.8 Å². The van der Waals surface area contributed by atoms with Gasteiger partial charge in [0, 0.05) is 42.1 Å². The molecule has 10 nitrogen and oxygen atoms in total. The van der Waals surface area contributed by atoms with Crippen LogP contribution in [0.3, 0.4) is 0 Å². The van der Waals surface area contributed by atoms with Gasteiger partial charge >= 0.3 is 0 Å². The summed E-state index contributed by atoms with van der Waals surface area (Å²) in [5, 5.41) is 24.7. The van der Waals surface area contributed by atoms with Gasteiger partial charge in [0.05, 0.1) is 24.1 Å². The molecule has 4 heterocycles. The Balaban J connectivity index is 1.17. The first-order chi connectivity index (χ1) is 18.4. The second kappa shape index (κ2) is 8.16. The zero-order valence-corrected chi connectivity index (χ0v) is 21.4. The van der Waals surface area contributed by atoms with Gasteiger partial charge in [0.25, 0.3) is 0 Å². The number of benzene rings is 2. The molecule has 2 atom stereocenters. The number of hydrogen-bond acceptors (Lipinski definition) is 8. The van der Waals surface area contributed by atoms with E-state index in [4.69, 9.17) is 9.72 Å². The van der Waals surface area contributed by atoms with Crippen molar-refractivity contribution in [2.45, 2.75) is 43.6 Å². The van der Waals surface area contributed by atoms with Crippen molar-refractivity contribution in [1.82, 2.24) is 20.2 Å². The molecular formula is C28H29N7O3. The Hall–Kier alpha value is -4.18. The molecule has 1 spiro atoms. The number of anilines is 4. The summed E-state index contributed by atoms with van der Waals surface area (Å²) in [6.07, 6.45) is 0.446. The third kappa shape index (κ3) is 3.43. The van der Waals surface area contributed by atoms with E-state index in [1.807, 2.05) is 35.2 Å². The van der Waals surface area contributed by atoms with Crippen molar-refractivity contribution in [3.63, 3.8) is 0 Å². The van der Waals surface area contributed by atoms with Gasteiger partial charge in [-0.15, -0.1) is 0 Å². The lowest BCUT2D eigenvalue weighted by molar-refractivity contribution is -0.118. The minimum Gasteiger partial charge on any atom is -0.497 e. The summed E-state index contributed by atoms with van der Waals surface area (Å²) in [5.74, 6) is 3.91. The highest BCUT2D eigenvalue weighted by atomic mass is 16.5. The number of aromatic nitrogens is 4. The van der Waals surface area contributed by atoms with E-state index in [0.717, 1.165) is 51.5 Å². The van der Waals surface area contributed by atoms with E-state index in [-0.39, 0.29) is 23.8 Å². The second-order valence-electron chi connectivity index (χ2n) is 10.8. The van der Waals surface area contributed by atoms with Gasteiger partial charge in [0.15, 0.2) is 5.82 Å². The third-order valence-corrected chi connectivity index (χ3v) is 7.99. The molecule has 194 valence electrons. The van der Waals surface area contributed by atoms with Crippen LogP contribution in [0.25, 0.3) is 10.9 Å². The number of aromatic amines is 1. The van der Waals surface area contributed by atoms with E-state index >= 15 is 0 Å². The average Bonchev–Trinajstić information content (AvgIpc) is 3.45. The lowest BCUT2D eigenvalue weighted by Crippen LogP contribution is -2.51. The van der Waals surface area contributed by atoms with Crippen molar-refractivity contribution in [3.8, 4) is 5.75 Å². The van der Waals surface area contributed by atoms with Crippen molar-refractivity contribution >= 4 is 40.0 Å². The van der Waals surface area contributed by atoms with E-state index in [0.29, 0.717) is 24.7 Å². The van der Waals surface area contributed by atoms with Gasteiger partial charge in [-0.2, -0.15) is 5.10 Å². The van der Waals surface area contributed by atoms with Crippen LogP contribution < -0.4 is 20.3 Å². The van der Waals surface area contributed by atoms with E-state index < -0.39 is 5.41 Å². The van der Waals surface area contributed by atoms with Crippen molar-refractivity contribution in [1.29, 1.82) is 0 Å². The number of fused-ring (bicyclic) bond motifs is 3. The Morgan fingerprint density at radius 3 is 2.76 bits per heavy atom. The zero-order chi connectivity index (χ0) is 26.2. The molecule has 1 amide bonds. The van der Waals surface area contributed by atoms with Gasteiger partial charge in [-0.05, 0) is 47.9 Å². The van der Waals surface area contributed by atoms with Gasteiger partial charge in [-0.3, -0.25) is 9.89 Å². The van der Waals surface area contributed by atoms with Gasteiger partial charge in [0.1, 0.15) is 23.2 Å². The highest BCUT2D eigenvalue weighted by Crippen LogP contribution is 2.65. The summed E-state index contributed by atoms with van der Waals surface area (Å²) >= 11 is 0. The van der Waals surface area contributed by atoms with Crippen LogP contribution in [0.15, 0.2) is 42.5 Å². The average molecular weight is 512 g/mol. The molecule has 3 aliphatic rings. The van der Waals surface area contributed by atoms with Gasteiger partial charge < -0.3 is 25.4 Å². The van der Waals surface area contributed by atoms with Crippen LogP contribution in [0.4, 0.5) is 23.1 Å². The number of nitrogens with zero attached hydrogens (tertiary/aromatic N) is 4. The van der Waals surface area contributed by atoms with Crippen LogP contribution in [0.1, 0.15) is 49.1 Å². The summed E-state index contributed by atoms with van der Waals surface area (Å²) < 4.78 is 5.42. The van der Waals surface area contributed by atoms with Gasteiger partial charge in [-0.1, -0.05) is 19.9 Å². The number of rotatable bonds is 6. The van der Waals surface area contributed by atoms with Crippen LogP contribution in [-0.2, 0) is 10.2 Å². The standard InChI is InChI=1S/C28H29N7O3/c1-14(2)25-30-23(10-24(32-25)35-12-16(36)13-35)31-26-18-6-4-15(8-22(18)33-34-26)20-11-28(20)19-9-17(38-3)5-7-21(19)29-27(28)37/h4-10,14,16,20,36H,11-13H2,1-3H3,(H,29,37)(H2,30,31,32,33,34)/t20-,28-/m0/s1. The number of H-pyrrole nitrogens is 1. The Bertz CT molecular complexity index is 1590. The number of amides is 1. The van der Waals surface area contributed by atoms with Crippen molar-refractivity contribution < 1.29 is 14.6 Å². The normalized spacial score (nSPS) is 22.1. The molecule has 2 aromatic carbocycles. The minimum atomic E-state index is -0.548. The molecule has 0 bridgehead atoms. The number of aliphatic hydroxyl groups excluding tert-OH is 1. The van der Waals surface area contributed by atoms with Crippen LogP contribution in [0.5, 0.6) is 5.75 Å². The topological polar surface area (TPSA) is 128 Å².